The fraction of sp³-hybridized carbons (Fsp3) is 0.333. The molecule has 2 N–H and O–H groups in total. The van der Waals surface area contributed by atoms with E-state index in [4.69, 9.17) is 0 Å². The summed E-state index contributed by atoms with van der Waals surface area (Å²) in [6.45, 7) is 2.01. The topological polar surface area (TPSA) is 65.5 Å². The Balaban J connectivity index is 2.19. The first-order valence-electron chi connectivity index (χ1n) is 6.78. The molecule has 5 nitrogen and oxygen atoms in total. The highest BCUT2D eigenvalue weighted by Crippen LogP contribution is 2.27. The monoisotopic (exact) mass is 305 g/mol. The van der Waals surface area contributed by atoms with Crippen molar-refractivity contribution in [2.24, 2.45) is 0 Å². The van der Waals surface area contributed by atoms with E-state index in [1.54, 1.807) is 0 Å². The molecular weight excluding hydrogens is 286 g/mol. The summed E-state index contributed by atoms with van der Waals surface area (Å²) >= 11 is 1.18. The molecule has 0 aliphatic carbocycles. The lowest BCUT2D eigenvalue weighted by molar-refractivity contribution is 0.0700. The summed E-state index contributed by atoms with van der Waals surface area (Å²) in [5, 5.41) is 13.0. The number of nitrogens with zero attached hydrogens (tertiary/aromatic N) is 2. The normalized spacial score (nSPS) is 10.4. The fourth-order valence-electron chi connectivity index (χ4n) is 1.94. The lowest BCUT2D eigenvalue weighted by atomic mass is 10.2. The van der Waals surface area contributed by atoms with Crippen LogP contribution in [-0.2, 0) is 6.42 Å². The van der Waals surface area contributed by atoms with Crippen LogP contribution in [0.15, 0.2) is 24.3 Å². The molecular formula is C15H19N3O2S. The van der Waals surface area contributed by atoms with E-state index in [-0.39, 0.29) is 0 Å². The van der Waals surface area contributed by atoms with Crippen LogP contribution in [0.4, 0.5) is 16.5 Å². The maximum absolute atomic E-state index is 11.2. The van der Waals surface area contributed by atoms with Crippen molar-refractivity contribution in [1.82, 2.24) is 4.98 Å². The number of rotatable bonds is 6. The van der Waals surface area contributed by atoms with E-state index in [2.05, 4.69) is 10.3 Å². The first kappa shape index (κ1) is 15.3. The molecule has 0 amide bonds. The molecule has 0 fully saturated rings. The maximum Gasteiger partial charge on any atom is 0.347 e. The molecule has 6 heteroatoms. The third-order valence-electron chi connectivity index (χ3n) is 3.01. The van der Waals surface area contributed by atoms with Crippen LogP contribution in [-0.4, -0.2) is 30.2 Å². The van der Waals surface area contributed by atoms with Gasteiger partial charge in [0.1, 0.15) is 4.88 Å². The smallest absolute Gasteiger partial charge is 0.347 e. The third kappa shape index (κ3) is 3.72. The van der Waals surface area contributed by atoms with Gasteiger partial charge in [-0.1, -0.05) is 24.7 Å². The number of aromatic carboxylic acids is 1. The first-order chi connectivity index (χ1) is 10.0. The Labute approximate surface area is 128 Å². The summed E-state index contributed by atoms with van der Waals surface area (Å²) in [5.74, 6) is -0.910. The third-order valence-corrected chi connectivity index (χ3v) is 4.01. The van der Waals surface area contributed by atoms with E-state index < -0.39 is 5.97 Å². The van der Waals surface area contributed by atoms with Crippen LogP contribution < -0.4 is 10.2 Å². The highest BCUT2D eigenvalue weighted by atomic mass is 32.1. The highest BCUT2D eigenvalue weighted by Gasteiger charge is 2.16. The van der Waals surface area contributed by atoms with Gasteiger partial charge in [-0.3, -0.25) is 0 Å². The van der Waals surface area contributed by atoms with E-state index in [1.165, 1.54) is 11.3 Å². The van der Waals surface area contributed by atoms with E-state index >= 15 is 0 Å². The molecule has 0 atom stereocenters. The molecule has 0 saturated heterocycles. The number of benzene rings is 1. The van der Waals surface area contributed by atoms with Crippen molar-refractivity contribution >= 4 is 33.8 Å². The van der Waals surface area contributed by atoms with Crippen molar-refractivity contribution in [1.29, 1.82) is 0 Å². The number of hydrogen-bond donors (Lipinski definition) is 2. The quantitative estimate of drug-likeness (QED) is 0.853. The number of aryl methyl sites for hydroxylation is 1. The number of carboxylic acid groups (broad SMARTS) is 1. The zero-order chi connectivity index (χ0) is 15.4. The number of thiazole rings is 1. The van der Waals surface area contributed by atoms with Crippen LogP contribution in [0.1, 0.15) is 28.7 Å². The molecule has 0 spiro atoms. The van der Waals surface area contributed by atoms with Gasteiger partial charge in [-0.2, -0.15) is 0 Å². The number of hydrogen-bond acceptors (Lipinski definition) is 5. The van der Waals surface area contributed by atoms with Gasteiger partial charge in [0.25, 0.3) is 0 Å². The maximum atomic E-state index is 11.2. The minimum atomic E-state index is -0.910. The van der Waals surface area contributed by atoms with Crippen molar-refractivity contribution in [3.8, 4) is 0 Å². The molecule has 1 aromatic heterocycles. The van der Waals surface area contributed by atoms with Crippen molar-refractivity contribution in [2.75, 3.05) is 24.3 Å². The Morgan fingerprint density at radius 3 is 2.52 bits per heavy atom. The van der Waals surface area contributed by atoms with Crippen molar-refractivity contribution in [3.63, 3.8) is 0 Å². The minimum Gasteiger partial charge on any atom is -0.477 e. The zero-order valence-corrected chi connectivity index (χ0v) is 13.2. The molecule has 0 radical (unpaired) electrons. The summed E-state index contributed by atoms with van der Waals surface area (Å²) in [4.78, 5) is 18.0. The standard InChI is InChI=1S/C15H19N3O2S/c1-4-5-12-13(14(19)20)21-15(17-12)16-10-6-8-11(9-7-10)18(2)3/h6-9H,4-5H2,1-3H3,(H,16,17)(H,19,20). The molecule has 0 unspecified atom stereocenters. The summed E-state index contributed by atoms with van der Waals surface area (Å²) in [5.41, 5.74) is 2.66. The minimum absolute atomic E-state index is 0.323. The molecule has 0 saturated carbocycles. The lowest BCUT2D eigenvalue weighted by Crippen LogP contribution is -2.08. The summed E-state index contributed by atoms with van der Waals surface area (Å²) in [6.07, 6.45) is 1.56. The Bertz CT molecular complexity index is 620. The average molecular weight is 305 g/mol. The fourth-order valence-corrected chi connectivity index (χ4v) is 2.82. The predicted octanol–water partition coefficient (Wildman–Crippen LogP) is 3.60. The number of nitrogens with one attached hydrogen (secondary N) is 1. The van der Waals surface area contributed by atoms with Gasteiger partial charge < -0.3 is 15.3 Å². The summed E-state index contributed by atoms with van der Waals surface area (Å²) < 4.78 is 0. The Morgan fingerprint density at radius 1 is 1.33 bits per heavy atom. The summed E-state index contributed by atoms with van der Waals surface area (Å²) in [7, 11) is 3.97. The molecule has 0 aliphatic rings. The predicted molar refractivity (Wildman–Crippen MR) is 87.1 cm³/mol. The molecule has 0 bridgehead atoms. The number of aromatic nitrogens is 1. The van der Waals surface area contributed by atoms with Gasteiger partial charge in [0, 0.05) is 25.5 Å². The average Bonchev–Trinajstić information content (AvgIpc) is 2.83. The number of carbonyl (C=O) groups is 1. The Hall–Kier alpha value is -2.08. The van der Waals surface area contributed by atoms with E-state index in [1.807, 2.05) is 50.2 Å². The lowest BCUT2D eigenvalue weighted by Gasteiger charge is -2.12. The second kappa shape index (κ2) is 6.58. The second-order valence-electron chi connectivity index (χ2n) is 4.92. The van der Waals surface area contributed by atoms with Gasteiger partial charge in [-0.25, -0.2) is 9.78 Å². The zero-order valence-electron chi connectivity index (χ0n) is 12.4. The number of anilines is 3. The van der Waals surface area contributed by atoms with Crippen molar-refractivity contribution in [3.05, 3.63) is 34.8 Å². The van der Waals surface area contributed by atoms with Crippen LogP contribution in [0.3, 0.4) is 0 Å². The van der Waals surface area contributed by atoms with Gasteiger partial charge in [-0.15, -0.1) is 0 Å². The van der Waals surface area contributed by atoms with Crippen LogP contribution >= 0.6 is 11.3 Å². The van der Waals surface area contributed by atoms with Gasteiger partial charge in [0.2, 0.25) is 0 Å². The molecule has 21 heavy (non-hydrogen) atoms. The number of carboxylic acids is 1. The van der Waals surface area contributed by atoms with Gasteiger partial charge in [0.15, 0.2) is 5.13 Å². The van der Waals surface area contributed by atoms with E-state index in [9.17, 15) is 9.90 Å². The van der Waals surface area contributed by atoms with Gasteiger partial charge in [0.05, 0.1) is 5.69 Å². The Kier molecular flexibility index (Phi) is 4.80. The first-order valence-corrected chi connectivity index (χ1v) is 7.60. The molecule has 112 valence electrons. The van der Waals surface area contributed by atoms with Crippen LogP contribution in [0, 0.1) is 0 Å². The Morgan fingerprint density at radius 2 is 2.00 bits per heavy atom. The molecule has 2 aromatic rings. The SMILES string of the molecule is CCCc1nc(Nc2ccc(N(C)C)cc2)sc1C(=O)O. The molecule has 1 aromatic carbocycles. The van der Waals surface area contributed by atoms with Crippen molar-refractivity contribution < 1.29 is 9.90 Å². The molecule has 1 heterocycles. The van der Waals surface area contributed by atoms with Crippen molar-refractivity contribution in [2.45, 2.75) is 19.8 Å². The van der Waals surface area contributed by atoms with Crippen LogP contribution in [0.25, 0.3) is 0 Å². The van der Waals surface area contributed by atoms with E-state index in [0.29, 0.717) is 22.1 Å². The van der Waals surface area contributed by atoms with E-state index in [0.717, 1.165) is 17.8 Å². The largest absolute Gasteiger partial charge is 0.477 e. The molecule has 2 rings (SSSR count). The van der Waals surface area contributed by atoms with Crippen LogP contribution in [0.5, 0.6) is 0 Å². The van der Waals surface area contributed by atoms with Gasteiger partial charge >= 0.3 is 5.97 Å². The highest BCUT2D eigenvalue weighted by molar-refractivity contribution is 7.17. The van der Waals surface area contributed by atoms with Crippen LogP contribution in [0.2, 0.25) is 0 Å². The van der Waals surface area contributed by atoms with Gasteiger partial charge in [-0.05, 0) is 30.7 Å². The molecule has 0 aliphatic heterocycles. The second-order valence-corrected chi connectivity index (χ2v) is 5.92. The summed E-state index contributed by atoms with van der Waals surface area (Å²) in [6, 6.07) is 7.91.